The summed E-state index contributed by atoms with van der Waals surface area (Å²) in [5, 5.41) is 8.91. The Morgan fingerprint density at radius 2 is 1.85 bits per heavy atom. The number of hydrogen-bond donors (Lipinski definition) is 1. The highest BCUT2D eigenvalue weighted by atomic mass is 19.1. The number of rotatable bonds is 2. The zero-order valence-corrected chi connectivity index (χ0v) is 10.5. The van der Waals surface area contributed by atoms with Gasteiger partial charge in [0.1, 0.15) is 11.6 Å². The van der Waals surface area contributed by atoms with Gasteiger partial charge >= 0.3 is 0 Å². The summed E-state index contributed by atoms with van der Waals surface area (Å²) >= 11 is 0. The lowest BCUT2D eigenvalue weighted by molar-refractivity contribution is 0.628. The molecule has 0 radical (unpaired) electrons. The highest BCUT2D eigenvalue weighted by Gasteiger charge is 2.06. The van der Waals surface area contributed by atoms with Crippen LogP contribution in [0.4, 0.5) is 4.39 Å². The molecule has 0 fully saturated rings. The number of aromatic nitrogens is 2. The summed E-state index contributed by atoms with van der Waals surface area (Å²) in [5.41, 5.74) is 3.13. The standard InChI is InChI=1S/C16H10FN3/c17-14-6-4-12(5-7-14)16-19-10-15(20-16)13-3-1-2-11(8-13)9-18/h1-8,10H,(H,19,20). The molecule has 96 valence electrons. The normalized spacial score (nSPS) is 10.2. The zero-order valence-electron chi connectivity index (χ0n) is 10.5. The van der Waals surface area contributed by atoms with Gasteiger partial charge in [0, 0.05) is 11.1 Å². The van der Waals surface area contributed by atoms with Crippen LogP contribution in [0.2, 0.25) is 0 Å². The summed E-state index contributed by atoms with van der Waals surface area (Å²) in [5.74, 6) is 0.393. The zero-order chi connectivity index (χ0) is 13.9. The maximum absolute atomic E-state index is 12.9. The SMILES string of the molecule is N#Cc1cccc(-c2cnc(-c3ccc(F)cc3)[nH]2)c1. The first-order chi connectivity index (χ1) is 9.76. The number of imidazole rings is 1. The maximum Gasteiger partial charge on any atom is 0.137 e. The maximum atomic E-state index is 12.9. The van der Waals surface area contributed by atoms with Gasteiger partial charge in [0.2, 0.25) is 0 Å². The molecular formula is C16H10FN3. The third-order valence-corrected chi connectivity index (χ3v) is 3.00. The summed E-state index contributed by atoms with van der Waals surface area (Å²) in [6.45, 7) is 0. The van der Waals surface area contributed by atoms with Crippen molar-refractivity contribution in [1.82, 2.24) is 9.97 Å². The van der Waals surface area contributed by atoms with E-state index in [1.165, 1.54) is 12.1 Å². The average Bonchev–Trinajstić information content (AvgIpc) is 2.98. The summed E-state index contributed by atoms with van der Waals surface area (Å²) in [4.78, 5) is 7.46. The van der Waals surface area contributed by atoms with Crippen molar-refractivity contribution in [3.05, 3.63) is 66.1 Å². The molecule has 0 aliphatic carbocycles. The Morgan fingerprint density at radius 1 is 1.05 bits per heavy atom. The Balaban J connectivity index is 1.97. The van der Waals surface area contributed by atoms with Crippen molar-refractivity contribution < 1.29 is 4.39 Å². The Hall–Kier alpha value is -2.93. The number of nitriles is 1. The second kappa shape index (κ2) is 4.98. The first kappa shape index (κ1) is 12.1. The fourth-order valence-electron chi connectivity index (χ4n) is 1.98. The van der Waals surface area contributed by atoms with Crippen LogP contribution in [0.5, 0.6) is 0 Å². The first-order valence-corrected chi connectivity index (χ1v) is 6.08. The minimum absolute atomic E-state index is 0.276. The van der Waals surface area contributed by atoms with Gasteiger partial charge in [-0.3, -0.25) is 0 Å². The molecule has 0 unspecified atom stereocenters. The Morgan fingerprint density at radius 3 is 2.60 bits per heavy atom. The van der Waals surface area contributed by atoms with Crippen molar-refractivity contribution >= 4 is 0 Å². The first-order valence-electron chi connectivity index (χ1n) is 6.08. The van der Waals surface area contributed by atoms with Crippen molar-refractivity contribution in [1.29, 1.82) is 5.26 Å². The lowest BCUT2D eigenvalue weighted by Crippen LogP contribution is -1.82. The lowest BCUT2D eigenvalue weighted by Gasteiger charge is -1.99. The van der Waals surface area contributed by atoms with E-state index in [1.54, 1.807) is 30.5 Å². The molecule has 0 aliphatic heterocycles. The van der Waals surface area contributed by atoms with E-state index in [-0.39, 0.29) is 5.82 Å². The van der Waals surface area contributed by atoms with Gasteiger partial charge in [-0.25, -0.2) is 9.37 Å². The highest BCUT2D eigenvalue weighted by Crippen LogP contribution is 2.22. The molecule has 3 nitrogen and oxygen atoms in total. The molecule has 20 heavy (non-hydrogen) atoms. The fraction of sp³-hybridized carbons (Fsp3) is 0. The van der Waals surface area contributed by atoms with Crippen LogP contribution in [0.3, 0.4) is 0 Å². The topological polar surface area (TPSA) is 52.5 Å². The van der Waals surface area contributed by atoms with E-state index < -0.39 is 0 Å². The molecule has 1 heterocycles. The fourth-order valence-corrected chi connectivity index (χ4v) is 1.98. The van der Waals surface area contributed by atoms with E-state index >= 15 is 0 Å². The molecular weight excluding hydrogens is 253 g/mol. The molecule has 0 amide bonds. The Labute approximate surface area is 115 Å². The lowest BCUT2D eigenvalue weighted by atomic mass is 10.1. The van der Waals surface area contributed by atoms with Gasteiger partial charge in [-0.1, -0.05) is 12.1 Å². The summed E-state index contributed by atoms with van der Waals surface area (Å²) in [6, 6.07) is 15.5. The van der Waals surface area contributed by atoms with Crippen molar-refractivity contribution in [2.45, 2.75) is 0 Å². The Kier molecular flexibility index (Phi) is 3.02. The predicted octanol–water partition coefficient (Wildman–Crippen LogP) is 3.75. The van der Waals surface area contributed by atoms with Crippen LogP contribution >= 0.6 is 0 Å². The molecule has 0 spiro atoms. The average molecular weight is 263 g/mol. The van der Waals surface area contributed by atoms with E-state index in [0.29, 0.717) is 11.4 Å². The summed E-state index contributed by atoms with van der Waals surface area (Å²) < 4.78 is 12.9. The van der Waals surface area contributed by atoms with Gasteiger partial charge in [0.05, 0.1) is 23.5 Å². The number of nitrogens with zero attached hydrogens (tertiary/aromatic N) is 2. The van der Waals surface area contributed by atoms with Crippen LogP contribution in [-0.4, -0.2) is 9.97 Å². The number of H-pyrrole nitrogens is 1. The van der Waals surface area contributed by atoms with Crippen molar-refractivity contribution in [3.63, 3.8) is 0 Å². The van der Waals surface area contributed by atoms with Crippen LogP contribution in [0, 0.1) is 17.1 Å². The highest BCUT2D eigenvalue weighted by molar-refractivity contribution is 5.65. The van der Waals surface area contributed by atoms with Crippen molar-refractivity contribution in [2.75, 3.05) is 0 Å². The van der Waals surface area contributed by atoms with E-state index in [9.17, 15) is 4.39 Å². The molecule has 1 aromatic heterocycles. The van der Waals surface area contributed by atoms with Crippen molar-refractivity contribution in [3.8, 4) is 28.7 Å². The molecule has 2 aromatic carbocycles. The number of halogens is 1. The van der Waals surface area contributed by atoms with E-state index in [0.717, 1.165) is 16.8 Å². The molecule has 0 bridgehead atoms. The van der Waals surface area contributed by atoms with E-state index in [2.05, 4.69) is 16.0 Å². The minimum Gasteiger partial charge on any atom is -0.338 e. The van der Waals surface area contributed by atoms with Crippen LogP contribution < -0.4 is 0 Å². The van der Waals surface area contributed by atoms with Gasteiger partial charge in [0.15, 0.2) is 0 Å². The quantitative estimate of drug-likeness (QED) is 0.765. The molecule has 0 aliphatic rings. The monoisotopic (exact) mass is 263 g/mol. The second-order valence-corrected chi connectivity index (χ2v) is 4.34. The Bertz CT molecular complexity index is 782. The molecule has 3 aromatic rings. The van der Waals surface area contributed by atoms with E-state index in [1.807, 2.05) is 12.1 Å². The number of benzene rings is 2. The molecule has 4 heteroatoms. The van der Waals surface area contributed by atoms with Gasteiger partial charge < -0.3 is 4.98 Å². The molecule has 0 saturated heterocycles. The molecule has 1 N–H and O–H groups in total. The number of hydrogen-bond acceptors (Lipinski definition) is 2. The molecule has 3 rings (SSSR count). The van der Waals surface area contributed by atoms with Gasteiger partial charge in [-0.05, 0) is 36.4 Å². The van der Waals surface area contributed by atoms with Crippen LogP contribution in [0.1, 0.15) is 5.56 Å². The predicted molar refractivity (Wildman–Crippen MR) is 74.1 cm³/mol. The second-order valence-electron chi connectivity index (χ2n) is 4.34. The van der Waals surface area contributed by atoms with E-state index in [4.69, 9.17) is 5.26 Å². The smallest absolute Gasteiger partial charge is 0.137 e. The van der Waals surface area contributed by atoms with Gasteiger partial charge in [-0.2, -0.15) is 5.26 Å². The third kappa shape index (κ3) is 2.29. The van der Waals surface area contributed by atoms with Gasteiger partial charge in [0.25, 0.3) is 0 Å². The largest absolute Gasteiger partial charge is 0.338 e. The summed E-state index contributed by atoms with van der Waals surface area (Å²) in [6.07, 6.45) is 1.70. The number of nitrogens with one attached hydrogen (secondary N) is 1. The molecule has 0 saturated carbocycles. The van der Waals surface area contributed by atoms with Crippen LogP contribution in [-0.2, 0) is 0 Å². The third-order valence-electron chi connectivity index (χ3n) is 3.00. The van der Waals surface area contributed by atoms with Gasteiger partial charge in [-0.15, -0.1) is 0 Å². The minimum atomic E-state index is -0.276. The summed E-state index contributed by atoms with van der Waals surface area (Å²) in [7, 11) is 0. The number of aromatic amines is 1. The van der Waals surface area contributed by atoms with Crippen LogP contribution in [0.25, 0.3) is 22.6 Å². The van der Waals surface area contributed by atoms with Crippen molar-refractivity contribution in [2.24, 2.45) is 0 Å². The molecule has 0 atom stereocenters. The van der Waals surface area contributed by atoms with Crippen LogP contribution in [0.15, 0.2) is 54.7 Å².